The van der Waals surface area contributed by atoms with Gasteiger partial charge in [0.2, 0.25) is 0 Å². The fourth-order valence-corrected chi connectivity index (χ4v) is 1.97. The Morgan fingerprint density at radius 3 is 2.79 bits per heavy atom. The number of anilines is 1. The maximum absolute atomic E-state index is 12.1. The Hall–Kier alpha value is -2.07. The van der Waals surface area contributed by atoms with Gasteiger partial charge in [-0.3, -0.25) is 9.78 Å². The number of amides is 1. The maximum Gasteiger partial charge on any atom is 0.251 e. The Balaban J connectivity index is 2.13. The third-order valence-corrected chi connectivity index (χ3v) is 2.88. The molecule has 0 unspecified atom stereocenters. The summed E-state index contributed by atoms with van der Waals surface area (Å²) in [4.78, 5) is 16.3. The highest BCUT2D eigenvalue weighted by Crippen LogP contribution is 2.17. The van der Waals surface area contributed by atoms with Crippen molar-refractivity contribution in [1.82, 2.24) is 10.3 Å². The molecule has 0 radical (unpaired) electrons. The summed E-state index contributed by atoms with van der Waals surface area (Å²) in [6.07, 6.45) is 1.69. The maximum atomic E-state index is 12.1. The van der Waals surface area contributed by atoms with Crippen LogP contribution >= 0.6 is 11.6 Å². The zero-order chi connectivity index (χ0) is 13.8. The SMILES string of the molecule is C[C@@H](NC(=O)c1cc(N)cc(Cl)c1)c1ccccn1. The van der Waals surface area contributed by atoms with E-state index in [0.29, 0.717) is 16.3 Å². The van der Waals surface area contributed by atoms with E-state index in [9.17, 15) is 4.79 Å². The number of nitrogens with zero attached hydrogens (tertiary/aromatic N) is 1. The molecule has 1 heterocycles. The number of pyridine rings is 1. The molecular formula is C14H14ClN3O. The molecule has 0 fully saturated rings. The highest BCUT2D eigenvalue weighted by Gasteiger charge is 2.13. The van der Waals surface area contributed by atoms with Crippen molar-refractivity contribution in [1.29, 1.82) is 0 Å². The molecule has 2 rings (SSSR count). The average molecular weight is 276 g/mol. The second kappa shape index (κ2) is 5.71. The molecule has 1 aromatic heterocycles. The van der Waals surface area contributed by atoms with Crippen LogP contribution in [0, 0.1) is 0 Å². The minimum atomic E-state index is -0.229. The van der Waals surface area contributed by atoms with E-state index >= 15 is 0 Å². The molecule has 5 heteroatoms. The first-order valence-corrected chi connectivity index (χ1v) is 6.22. The molecule has 0 aliphatic carbocycles. The number of nitrogens with two attached hydrogens (primary N) is 1. The second-order valence-corrected chi connectivity index (χ2v) is 4.66. The smallest absolute Gasteiger partial charge is 0.251 e. The number of benzene rings is 1. The average Bonchev–Trinajstić information content (AvgIpc) is 2.38. The number of aromatic nitrogens is 1. The quantitative estimate of drug-likeness (QED) is 0.847. The summed E-state index contributed by atoms with van der Waals surface area (Å²) in [5.41, 5.74) is 7.36. The van der Waals surface area contributed by atoms with Crippen LogP contribution in [0.2, 0.25) is 5.02 Å². The lowest BCUT2D eigenvalue weighted by Gasteiger charge is -2.13. The van der Waals surface area contributed by atoms with Crippen molar-refractivity contribution in [3.63, 3.8) is 0 Å². The molecule has 0 saturated heterocycles. The summed E-state index contributed by atoms with van der Waals surface area (Å²) in [5.74, 6) is -0.229. The molecule has 3 N–H and O–H groups in total. The van der Waals surface area contributed by atoms with Gasteiger partial charge in [0, 0.05) is 22.5 Å². The topological polar surface area (TPSA) is 68.0 Å². The zero-order valence-electron chi connectivity index (χ0n) is 10.4. The van der Waals surface area contributed by atoms with E-state index in [4.69, 9.17) is 17.3 Å². The summed E-state index contributed by atoms with van der Waals surface area (Å²) in [6.45, 7) is 1.87. The molecule has 0 bridgehead atoms. The van der Waals surface area contributed by atoms with Crippen LogP contribution in [0.15, 0.2) is 42.6 Å². The van der Waals surface area contributed by atoms with Crippen LogP contribution in [-0.2, 0) is 0 Å². The zero-order valence-corrected chi connectivity index (χ0v) is 11.2. The van der Waals surface area contributed by atoms with Crippen LogP contribution in [0.25, 0.3) is 0 Å². The highest BCUT2D eigenvalue weighted by atomic mass is 35.5. The van der Waals surface area contributed by atoms with Crippen LogP contribution in [0.5, 0.6) is 0 Å². The van der Waals surface area contributed by atoms with E-state index in [1.807, 2.05) is 25.1 Å². The Bertz CT molecular complexity index is 566. The Morgan fingerprint density at radius 2 is 2.16 bits per heavy atom. The van der Waals surface area contributed by atoms with E-state index in [-0.39, 0.29) is 11.9 Å². The largest absolute Gasteiger partial charge is 0.399 e. The number of halogens is 1. The summed E-state index contributed by atoms with van der Waals surface area (Å²) in [7, 11) is 0. The van der Waals surface area contributed by atoms with Gasteiger partial charge in [-0.15, -0.1) is 0 Å². The van der Waals surface area contributed by atoms with Gasteiger partial charge in [0.25, 0.3) is 5.91 Å². The Kier molecular flexibility index (Phi) is 4.02. The van der Waals surface area contributed by atoms with Gasteiger partial charge in [-0.2, -0.15) is 0 Å². The number of nitrogen functional groups attached to an aromatic ring is 1. The van der Waals surface area contributed by atoms with Crippen LogP contribution in [0.4, 0.5) is 5.69 Å². The van der Waals surface area contributed by atoms with E-state index in [0.717, 1.165) is 5.69 Å². The van der Waals surface area contributed by atoms with Gasteiger partial charge in [0.1, 0.15) is 0 Å². The third kappa shape index (κ3) is 3.45. The van der Waals surface area contributed by atoms with Crippen LogP contribution in [0.3, 0.4) is 0 Å². The normalized spacial score (nSPS) is 11.9. The van der Waals surface area contributed by atoms with Gasteiger partial charge < -0.3 is 11.1 Å². The predicted molar refractivity (Wildman–Crippen MR) is 76.0 cm³/mol. The van der Waals surface area contributed by atoms with E-state index in [1.165, 1.54) is 0 Å². The molecule has 0 aliphatic rings. The predicted octanol–water partition coefficient (Wildman–Crippen LogP) is 2.81. The number of hydrogen-bond acceptors (Lipinski definition) is 3. The molecular weight excluding hydrogens is 262 g/mol. The van der Waals surface area contributed by atoms with Crippen LogP contribution in [-0.4, -0.2) is 10.9 Å². The van der Waals surface area contributed by atoms with E-state index in [1.54, 1.807) is 24.4 Å². The first kappa shape index (κ1) is 13.4. The fourth-order valence-electron chi connectivity index (χ4n) is 1.73. The fraction of sp³-hybridized carbons (Fsp3) is 0.143. The standard InChI is InChI=1S/C14H14ClN3O/c1-9(13-4-2-3-5-17-13)18-14(19)10-6-11(15)8-12(16)7-10/h2-9H,16H2,1H3,(H,18,19)/t9-/m1/s1. The van der Waals surface area contributed by atoms with Crippen LogP contribution in [0.1, 0.15) is 29.0 Å². The Labute approximate surface area is 116 Å². The first-order valence-electron chi connectivity index (χ1n) is 5.84. The number of nitrogens with one attached hydrogen (secondary N) is 1. The molecule has 0 saturated carbocycles. The summed E-state index contributed by atoms with van der Waals surface area (Å²) in [5, 5.41) is 3.29. The molecule has 2 aromatic rings. The molecule has 0 aliphatic heterocycles. The molecule has 1 aromatic carbocycles. The highest BCUT2D eigenvalue weighted by molar-refractivity contribution is 6.31. The van der Waals surface area contributed by atoms with Gasteiger partial charge in [-0.25, -0.2) is 0 Å². The lowest BCUT2D eigenvalue weighted by Crippen LogP contribution is -2.27. The minimum Gasteiger partial charge on any atom is -0.399 e. The van der Waals surface area contributed by atoms with Crippen molar-refractivity contribution in [2.24, 2.45) is 0 Å². The monoisotopic (exact) mass is 275 g/mol. The number of carbonyl (C=O) groups excluding carboxylic acids is 1. The lowest BCUT2D eigenvalue weighted by atomic mass is 10.1. The Morgan fingerprint density at radius 1 is 1.37 bits per heavy atom. The number of hydrogen-bond donors (Lipinski definition) is 2. The van der Waals surface area contributed by atoms with Crippen molar-refractivity contribution >= 4 is 23.2 Å². The molecule has 1 atom stereocenters. The van der Waals surface area contributed by atoms with E-state index in [2.05, 4.69) is 10.3 Å². The van der Waals surface area contributed by atoms with Crippen molar-refractivity contribution in [3.05, 3.63) is 58.9 Å². The summed E-state index contributed by atoms with van der Waals surface area (Å²) < 4.78 is 0. The molecule has 19 heavy (non-hydrogen) atoms. The van der Waals surface area contributed by atoms with Gasteiger partial charge in [0.05, 0.1) is 11.7 Å². The number of carbonyl (C=O) groups is 1. The van der Waals surface area contributed by atoms with Gasteiger partial charge in [-0.1, -0.05) is 17.7 Å². The summed E-state index contributed by atoms with van der Waals surface area (Å²) >= 11 is 5.88. The van der Waals surface area contributed by atoms with Crippen molar-refractivity contribution in [3.8, 4) is 0 Å². The molecule has 1 amide bonds. The first-order chi connectivity index (χ1) is 9.06. The van der Waals surface area contributed by atoms with Gasteiger partial charge in [-0.05, 0) is 37.3 Å². The third-order valence-electron chi connectivity index (χ3n) is 2.66. The van der Waals surface area contributed by atoms with Gasteiger partial charge in [0.15, 0.2) is 0 Å². The second-order valence-electron chi connectivity index (χ2n) is 4.22. The van der Waals surface area contributed by atoms with Crippen molar-refractivity contribution < 1.29 is 4.79 Å². The van der Waals surface area contributed by atoms with Gasteiger partial charge >= 0.3 is 0 Å². The summed E-state index contributed by atoms with van der Waals surface area (Å²) in [6, 6.07) is 10.1. The van der Waals surface area contributed by atoms with Crippen LogP contribution < -0.4 is 11.1 Å². The van der Waals surface area contributed by atoms with E-state index < -0.39 is 0 Å². The molecule has 0 spiro atoms. The molecule has 4 nitrogen and oxygen atoms in total. The lowest BCUT2D eigenvalue weighted by molar-refractivity contribution is 0.0939. The minimum absolute atomic E-state index is 0.186. The van der Waals surface area contributed by atoms with Crippen molar-refractivity contribution in [2.75, 3.05) is 5.73 Å². The molecule has 98 valence electrons. The van der Waals surface area contributed by atoms with Crippen molar-refractivity contribution in [2.45, 2.75) is 13.0 Å². The number of rotatable bonds is 3.